The molecule has 2 aliphatic rings. The van der Waals surface area contributed by atoms with Gasteiger partial charge in [-0.15, -0.1) is 0 Å². The largest absolute Gasteiger partial charge is 0.379 e. The van der Waals surface area contributed by atoms with Crippen molar-refractivity contribution in [3.8, 4) is 0 Å². The van der Waals surface area contributed by atoms with Gasteiger partial charge in [0.05, 0.1) is 25.5 Å². The standard InChI is InChI=1S/C15H24N4O2/c1-18-7-13-8-19(14(9-18)11-21-10-13)15(20)4-2-3-12-5-16-17-6-12/h5-6,13-14H,2-4,7-11H2,1H3,(H,16,17)/t13-,14-/m0/s1. The fourth-order valence-corrected chi connectivity index (χ4v) is 3.38. The molecule has 1 N–H and O–H groups in total. The maximum Gasteiger partial charge on any atom is 0.222 e. The average Bonchev–Trinajstić information content (AvgIpc) is 2.80. The zero-order valence-corrected chi connectivity index (χ0v) is 12.6. The van der Waals surface area contributed by atoms with E-state index < -0.39 is 0 Å². The molecule has 0 spiro atoms. The first-order chi connectivity index (χ1) is 10.2. The first-order valence-electron chi connectivity index (χ1n) is 7.76. The molecule has 3 heterocycles. The summed E-state index contributed by atoms with van der Waals surface area (Å²) in [5.74, 6) is 0.717. The number of fused-ring (bicyclic) bond motifs is 3. The van der Waals surface area contributed by atoms with Gasteiger partial charge in [-0.2, -0.15) is 5.10 Å². The molecule has 1 aromatic rings. The smallest absolute Gasteiger partial charge is 0.222 e. The van der Waals surface area contributed by atoms with E-state index in [0.717, 1.165) is 39.1 Å². The molecular weight excluding hydrogens is 268 g/mol. The Morgan fingerprint density at radius 2 is 2.33 bits per heavy atom. The predicted octanol–water partition coefficient (Wildman–Crippen LogP) is 0.521. The van der Waals surface area contributed by atoms with Gasteiger partial charge >= 0.3 is 0 Å². The molecule has 3 rings (SSSR count). The zero-order valence-electron chi connectivity index (χ0n) is 12.6. The monoisotopic (exact) mass is 292 g/mol. The fraction of sp³-hybridized carbons (Fsp3) is 0.733. The van der Waals surface area contributed by atoms with Gasteiger partial charge in [-0.05, 0) is 25.5 Å². The van der Waals surface area contributed by atoms with Gasteiger partial charge in [-0.3, -0.25) is 9.89 Å². The molecule has 2 atom stereocenters. The van der Waals surface area contributed by atoms with Gasteiger partial charge in [0.15, 0.2) is 0 Å². The minimum absolute atomic E-state index is 0.212. The van der Waals surface area contributed by atoms with Crippen molar-refractivity contribution < 1.29 is 9.53 Å². The summed E-state index contributed by atoms with van der Waals surface area (Å²) in [5, 5.41) is 6.74. The van der Waals surface area contributed by atoms with Gasteiger partial charge in [0.25, 0.3) is 0 Å². The summed E-state index contributed by atoms with van der Waals surface area (Å²) < 4.78 is 5.72. The van der Waals surface area contributed by atoms with Crippen molar-refractivity contribution in [1.29, 1.82) is 0 Å². The molecular formula is C15H24N4O2. The lowest BCUT2D eigenvalue weighted by Gasteiger charge is -2.29. The van der Waals surface area contributed by atoms with Gasteiger partial charge in [0.1, 0.15) is 0 Å². The van der Waals surface area contributed by atoms with E-state index in [9.17, 15) is 4.79 Å². The van der Waals surface area contributed by atoms with Gasteiger partial charge in [-0.25, -0.2) is 0 Å². The molecule has 0 radical (unpaired) electrons. The van der Waals surface area contributed by atoms with E-state index in [1.165, 1.54) is 5.56 Å². The molecule has 116 valence electrons. The maximum absolute atomic E-state index is 12.6. The lowest BCUT2D eigenvalue weighted by molar-refractivity contribution is -0.134. The van der Waals surface area contributed by atoms with Gasteiger partial charge in [-0.1, -0.05) is 0 Å². The highest BCUT2D eigenvalue weighted by Crippen LogP contribution is 2.20. The Labute approximate surface area is 125 Å². The SMILES string of the molecule is CN1C[C@@H]2COC[C@H](C1)N(C(=O)CCCc1cn[nH]c1)C2. The molecule has 6 nitrogen and oxygen atoms in total. The summed E-state index contributed by atoms with van der Waals surface area (Å²) in [6.45, 7) is 4.24. The summed E-state index contributed by atoms with van der Waals surface area (Å²) in [6, 6.07) is 0.212. The van der Waals surface area contributed by atoms with Crippen LogP contribution < -0.4 is 0 Å². The van der Waals surface area contributed by atoms with E-state index in [2.05, 4.69) is 27.0 Å². The third-order valence-corrected chi connectivity index (χ3v) is 4.38. The quantitative estimate of drug-likeness (QED) is 0.879. The Kier molecular flexibility index (Phi) is 4.55. The molecule has 1 aromatic heterocycles. The lowest BCUT2D eigenvalue weighted by atomic mass is 10.1. The van der Waals surface area contributed by atoms with Crippen molar-refractivity contribution in [3.05, 3.63) is 18.0 Å². The summed E-state index contributed by atoms with van der Waals surface area (Å²) in [6.07, 6.45) is 6.11. The maximum atomic E-state index is 12.6. The van der Waals surface area contributed by atoms with E-state index in [0.29, 0.717) is 18.9 Å². The molecule has 6 heteroatoms. The number of H-pyrrole nitrogens is 1. The van der Waals surface area contributed by atoms with Gasteiger partial charge in [0.2, 0.25) is 5.91 Å². The zero-order chi connectivity index (χ0) is 14.7. The number of carbonyl (C=O) groups is 1. The van der Waals surface area contributed by atoms with Crippen LogP contribution in [0.4, 0.5) is 0 Å². The molecule has 2 aliphatic heterocycles. The van der Waals surface area contributed by atoms with Crippen molar-refractivity contribution in [2.24, 2.45) is 5.92 Å². The molecule has 2 bridgehead atoms. The topological polar surface area (TPSA) is 61.5 Å². The van der Waals surface area contributed by atoms with E-state index in [4.69, 9.17) is 4.74 Å². The van der Waals surface area contributed by atoms with Crippen molar-refractivity contribution in [2.45, 2.75) is 25.3 Å². The molecule has 0 saturated carbocycles. The van der Waals surface area contributed by atoms with Gasteiger partial charge < -0.3 is 14.5 Å². The number of aromatic amines is 1. The van der Waals surface area contributed by atoms with Crippen LogP contribution in [0, 0.1) is 5.92 Å². The number of hydrogen-bond donors (Lipinski definition) is 1. The Bertz CT molecular complexity index is 462. The molecule has 0 aliphatic carbocycles. The summed E-state index contributed by atoms with van der Waals surface area (Å²) in [5.41, 5.74) is 1.17. The molecule has 21 heavy (non-hydrogen) atoms. The third kappa shape index (κ3) is 3.63. The number of hydrogen-bond acceptors (Lipinski definition) is 4. The molecule has 2 saturated heterocycles. The third-order valence-electron chi connectivity index (χ3n) is 4.38. The first-order valence-corrected chi connectivity index (χ1v) is 7.76. The number of carbonyl (C=O) groups excluding carboxylic acids is 1. The Morgan fingerprint density at radius 1 is 1.43 bits per heavy atom. The highest BCUT2D eigenvalue weighted by molar-refractivity contribution is 5.76. The summed E-state index contributed by atoms with van der Waals surface area (Å²) in [4.78, 5) is 17.0. The van der Waals surface area contributed by atoms with Crippen LogP contribution in [-0.2, 0) is 16.0 Å². The lowest BCUT2D eigenvalue weighted by Crippen LogP contribution is -2.45. The summed E-state index contributed by atoms with van der Waals surface area (Å²) in [7, 11) is 2.14. The first kappa shape index (κ1) is 14.5. The average molecular weight is 292 g/mol. The number of rotatable bonds is 4. The van der Waals surface area contributed by atoms with Crippen LogP contribution >= 0.6 is 0 Å². The number of nitrogens with zero attached hydrogens (tertiary/aromatic N) is 3. The minimum atomic E-state index is 0.212. The van der Waals surface area contributed by atoms with E-state index in [1.807, 2.05) is 12.4 Å². The second-order valence-electron chi connectivity index (χ2n) is 6.28. The number of aromatic nitrogens is 2. The van der Waals surface area contributed by atoms with Crippen LogP contribution in [0.25, 0.3) is 0 Å². The minimum Gasteiger partial charge on any atom is -0.379 e. The summed E-state index contributed by atoms with van der Waals surface area (Å²) >= 11 is 0. The molecule has 2 fully saturated rings. The second-order valence-corrected chi connectivity index (χ2v) is 6.28. The Hall–Kier alpha value is -1.40. The van der Waals surface area contributed by atoms with Crippen LogP contribution in [0.5, 0.6) is 0 Å². The van der Waals surface area contributed by atoms with E-state index >= 15 is 0 Å². The highest BCUT2D eigenvalue weighted by Gasteiger charge is 2.34. The Balaban J connectivity index is 1.55. The predicted molar refractivity (Wildman–Crippen MR) is 78.8 cm³/mol. The van der Waals surface area contributed by atoms with E-state index in [-0.39, 0.29) is 11.9 Å². The van der Waals surface area contributed by atoms with Crippen LogP contribution in [0.3, 0.4) is 0 Å². The number of ether oxygens (including phenoxy) is 1. The molecule has 1 amide bonds. The fourth-order valence-electron chi connectivity index (χ4n) is 3.38. The molecule has 0 aromatic carbocycles. The van der Waals surface area contributed by atoms with Crippen molar-refractivity contribution >= 4 is 5.91 Å². The second kappa shape index (κ2) is 6.58. The van der Waals surface area contributed by atoms with Crippen LogP contribution in [0.2, 0.25) is 0 Å². The van der Waals surface area contributed by atoms with Crippen molar-refractivity contribution in [1.82, 2.24) is 20.0 Å². The van der Waals surface area contributed by atoms with Gasteiger partial charge in [0, 0.05) is 38.2 Å². The van der Waals surface area contributed by atoms with Crippen LogP contribution in [0.15, 0.2) is 12.4 Å². The number of likely N-dealkylation sites (N-methyl/N-ethyl adjacent to an activating group) is 1. The number of amides is 1. The van der Waals surface area contributed by atoms with Crippen LogP contribution in [-0.4, -0.2) is 71.8 Å². The number of aryl methyl sites for hydroxylation is 1. The van der Waals surface area contributed by atoms with E-state index in [1.54, 1.807) is 0 Å². The highest BCUT2D eigenvalue weighted by atomic mass is 16.5. The van der Waals surface area contributed by atoms with Crippen LogP contribution in [0.1, 0.15) is 18.4 Å². The number of nitrogens with one attached hydrogen (secondary N) is 1. The normalized spacial score (nSPS) is 26.6. The Morgan fingerprint density at radius 3 is 3.14 bits per heavy atom. The van der Waals surface area contributed by atoms with Crippen molar-refractivity contribution in [2.75, 3.05) is 39.9 Å². The van der Waals surface area contributed by atoms with Crippen molar-refractivity contribution in [3.63, 3.8) is 0 Å². The molecule has 0 unspecified atom stereocenters.